The van der Waals surface area contributed by atoms with Crippen LogP contribution < -0.4 is 0 Å². The number of aryl methyl sites for hydroxylation is 2. The highest BCUT2D eigenvalue weighted by molar-refractivity contribution is 8.00. The van der Waals surface area contributed by atoms with E-state index in [9.17, 15) is 10.1 Å². The Labute approximate surface area is 143 Å². The molecule has 0 saturated heterocycles. The van der Waals surface area contributed by atoms with Crippen LogP contribution in [0, 0.1) is 25.2 Å². The Morgan fingerprint density at radius 3 is 2.26 bits per heavy atom. The fourth-order valence-corrected chi connectivity index (χ4v) is 3.38. The summed E-state index contributed by atoms with van der Waals surface area (Å²) >= 11 is 1.33. The van der Waals surface area contributed by atoms with Gasteiger partial charge in [0.2, 0.25) is 5.91 Å². The van der Waals surface area contributed by atoms with E-state index in [4.69, 9.17) is 0 Å². The number of amides is 1. The summed E-state index contributed by atoms with van der Waals surface area (Å²) in [4.78, 5) is 23.2. The summed E-state index contributed by atoms with van der Waals surface area (Å²) in [6.07, 6.45) is 1.85. The maximum Gasteiger partial charge on any atom is 0.233 e. The van der Waals surface area contributed by atoms with Crippen molar-refractivity contribution in [3.63, 3.8) is 0 Å². The van der Waals surface area contributed by atoms with Crippen LogP contribution in [0.1, 0.15) is 57.6 Å². The minimum atomic E-state index is 0.0940. The van der Waals surface area contributed by atoms with Crippen LogP contribution in [-0.2, 0) is 4.79 Å². The average molecular weight is 334 g/mol. The maximum absolute atomic E-state index is 12.7. The van der Waals surface area contributed by atoms with E-state index in [1.54, 1.807) is 13.8 Å². The summed E-state index contributed by atoms with van der Waals surface area (Å²) in [5, 5.41) is 9.87. The molecule has 126 valence electrons. The van der Waals surface area contributed by atoms with Gasteiger partial charge in [0.25, 0.3) is 0 Å². The highest BCUT2D eigenvalue weighted by atomic mass is 32.2. The van der Waals surface area contributed by atoms with Gasteiger partial charge in [-0.25, -0.2) is 9.97 Å². The lowest BCUT2D eigenvalue weighted by Crippen LogP contribution is -2.45. The van der Waals surface area contributed by atoms with E-state index in [0.29, 0.717) is 27.9 Å². The normalized spacial score (nSPS) is 13.3. The first-order chi connectivity index (χ1) is 10.8. The molecule has 1 rings (SSSR count). The first-order valence-electron chi connectivity index (χ1n) is 8.04. The molecule has 0 N–H and O–H groups in total. The molecule has 0 aliphatic rings. The lowest BCUT2D eigenvalue weighted by atomic mass is 10.1. The second-order valence-electron chi connectivity index (χ2n) is 5.75. The Morgan fingerprint density at radius 1 is 1.22 bits per heavy atom. The third-order valence-corrected chi connectivity index (χ3v) is 4.99. The van der Waals surface area contributed by atoms with E-state index in [2.05, 4.69) is 43.7 Å². The molecule has 23 heavy (non-hydrogen) atoms. The molecule has 0 aromatic carbocycles. The second-order valence-corrected chi connectivity index (χ2v) is 6.72. The maximum atomic E-state index is 12.7. The van der Waals surface area contributed by atoms with Gasteiger partial charge in [-0.15, -0.1) is 0 Å². The first-order valence-corrected chi connectivity index (χ1v) is 9.03. The van der Waals surface area contributed by atoms with Crippen molar-refractivity contribution in [3.8, 4) is 6.07 Å². The zero-order valence-corrected chi connectivity index (χ0v) is 15.7. The molecule has 6 heteroatoms. The van der Waals surface area contributed by atoms with Gasteiger partial charge in [-0.3, -0.25) is 4.79 Å². The monoisotopic (exact) mass is 334 g/mol. The molecule has 0 spiro atoms. The highest BCUT2D eigenvalue weighted by Gasteiger charge is 2.24. The van der Waals surface area contributed by atoms with Gasteiger partial charge in [-0.05, 0) is 40.5 Å². The Hall–Kier alpha value is -1.61. The smallest absolute Gasteiger partial charge is 0.233 e. The Balaban J connectivity index is 2.92. The number of carbonyl (C=O) groups is 1. The van der Waals surface area contributed by atoms with Gasteiger partial charge in [-0.2, -0.15) is 5.26 Å². The van der Waals surface area contributed by atoms with Crippen LogP contribution in [0.3, 0.4) is 0 Å². The number of aromatic nitrogens is 2. The molecule has 0 aliphatic carbocycles. The number of hydrogen-bond acceptors (Lipinski definition) is 5. The molecule has 1 heterocycles. The number of carbonyl (C=O) groups excluding carboxylic acids is 1. The molecule has 0 saturated carbocycles. The zero-order valence-electron chi connectivity index (χ0n) is 14.9. The van der Waals surface area contributed by atoms with Crippen molar-refractivity contribution in [3.05, 3.63) is 17.1 Å². The molecule has 0 fully saturated rings. The Morgan fingerprint density at radius 2 is 1.78 bits per heavy atom. The summed E-state index contributed by atoms with van der Waals surface area (Å²) in [6, 6.07) is 2.56. The van der Waals surface area contributed by atoms with Crippen LogP contribution in [0.15, 0.2) is 5.03 Å². The molecule has 2 atom stereocenters. The summed E-state index contributed by atoms with van der Waals surface area (Å²) in [7, 11) is 0. The molecule has 0 unspecified atom stereocenters. The van der Waals surface area contributed by atoms with Crippen molar-refractivity contribution < 1.29 is 4.79 Å². The molecular weight excluding hydrogens is 308 g/mol. The summed E-state index contributed by atoms with van der Waals surface area (Å²) in [5.74, 6) is 1.01. The van der Waals surface area contributed by atoms with Crippen LogP contribution >= 0.6 is 11.8 Å². The van der Waals surface area contributed by atoms with E-state index >= 15 is 0 Å². The zero-order chi connectivity index (χ0) is 17.6. The number of rotatable bonds is 7. The molecule has 0 bridgehead atoms. The standard InChI is InChI=1S/C17H26N4OS/c1-7-11(3)21(12(4)8-2)16(22)10-23-17-15(9-18)13(5)19-14(6)20-17/h11-12H,7-8,10H2,1-6H3/t11-,12-/m0/s1. The van der Waals surface area contributed by atoms with Crippen LogP contribution in [0.2, 0.25) is 0 Å². The Bertz CT molecular complexity index is 587. The van der Waals surface area contributed by atoms with Gasteiger partial charge in [-0.1, -0.05) is 25.6 Å². The fraction of sp³-hybridized carbons (Fsp3) is 0.647. The van der Waals surface area contributed by atoms with Gasteiger partial charge >= 0.3 is 0 Å². The van der Waals surface area contributed by atoms with Crippen molar-refractivity contribution in [2.75, 3.05) is 5.75 Å². The van der Waals surface area contributed by atoms with Gasteiger partial charge in [0.1, 0.15) is 22.5 Å². The summed E-state index contributed by atoms with van der Waals surface area (Å²) in [6.45, 7) is 11.9. The molecule has 0 radical (unpaired) electrons. The largest absolute Gasteiger partial charge is 0.337 e. The SMILES string of the molecule is CC[C@H](C)N(C(=O)CSc1nc(C)nc(C)c1C#N)[C@@H](C)CC. The minimum Gasteiger partial charge on any atom is -0.337 e. The molecule has 0 aliphatic heterocycles. The third-order valence-electron chi connectivity index (χ3n) is 4.03. The van der Waals surface area contributed by atoms with Crippen LogP contribution in [0.25, 0.3) is 0 Å². The van der Waals surface area contributed by atoms with Crippen LogP contribution in [0.4, 0.5) is 0 Å². The fourth-order valence-electron chi connectivity index (χ4n) is 2.44. The van der Waals surface area contributed by atoms with Crippen LogP contribution in [0.5, 0.6) is 0 Å². The lowest BCUT2D eigenvalue weighted by molar-refractivity contribution is -0.132. The second kappa shape index (κ2) is 8.88. The predicted octanol–water partition coefficient (Wildman–Crippen LogP) is 3.48. The van der Waals surface area contributed by atoms with Gasteiger partial charge in [0, 0.05) is 12.1 Å². The van der Waals surface area contributed by atoms with E-state index in [1.807, 2.05) is 4.90 Å². The molecule has 1 aromatic heterocycles. The average Bonchev–Trinajstić information content (AvgIpc) is 2.52. The molecule has 5 nitrogen and oxygen atoms in total. The molecule has 1 amide bonds. The van der Waals surface area contributed by atoms with Crippen molar-refractivity contribution in [2.24, 2.45) is 0 Å². The van der Waals surface area contributed by atoms with Crippen molar-refractivity contribution in [1.82, 2.24) is 14.9 Å². The number of thioether (sulfide) groups is 1. The predicted molar refractivity (Wildman–Crippen MR) is 93.3 cm³/mol. The number of nitriles is 1. The number of nitrogens with zero attached hydrogens (tertiary/aromatic N) is 4. The van der Waals surface area contributed by atoms with E-state index in [1.165, 1.54) is 11.8 Å². The van der Waals surface area contributed by atoms with E-state index in [0.717, 1.165) is 12.8 Å². The molecule has 1 aromatic rings. The first kappa shape index (κ1) is 19.4. The quantitative estimate of drug-likeness (QED) is 0.564. The van der Waals surface area contributed by atoms with E-state index < -0.39 is 0 Å². The number of hydrogen-bond donors (Lipinski definition) is 0. The van der Waals surface area contributed by atoms with Gasteiger partial charge < -0.3 is 4.90 Å². The highest BCUT2D eigenvalue weighted by Crippen LogP contribution is 2.23. The summed E-state index contributed by atoms with van der Waals surface area (Å²) in [5.41, 5.74) is 1.13. The van der Waals surface area contributed by atoms with E-state index in [-0.39, 0.29) is 18.0 Å². The van der Waals surface area contributed by atoms with Crippen molar-refractivity contribution in [1.29, 1.82) is 5.26 Å². The van der Waals surface area contributed by atoms with Gasteiger partial charge in [0.15, 0.2) is 0 Å². The van der Waals surface area contributed by atoms with Crippen LogP contribution in [-0.4, -0.2) is 38.6 Å². The van der Waals surface area contributed by atoms with Crippen molar-refractivity contribution in [2.45, 2.75) is 71.5 Å². The summed E-state index contributed by atoms with van der Waals surface area (Å²) < 4.78 is 0. The Kier molecular flexibility index (Phi) is 7.50. The molecular formula is C17H26N4OS. The lowest BCUT2D eigenvalue weighted by Gasteiger charge is -2.34. The third kappa shape index (κ3) is 4.93. The van der Waals surface area contributed by atoms with Crippen molar-refractivity contribution >= 4 is 17.7 Å². The topological polar surface area (TPSA) is 69.9 Å². The van der Waals surface area contributed by atoms with Gasteiger partial charge in [0.05, 0.1) is 11.4 Å². The minimum absolute atomic E-state index is 0.0940.